The van der Waals surface area contributed by atoms with Crippen LogP contribution in [0.1, 0.15) is 98.5 Å². The summed E-state index contributed by atoms with van der Waals surface area (Å²) in [7, 11) is 0. The SMILES string of the molecule is O=C(Oc1ccc(C2=CCCC(c3ccc(OC(=O)c4ccc5c(c4)C(=O)OC5=O)cc3)C2)cc1)c1ccc2c(c1)C(=O)OC2=O. The molecule has 1 unspecified atom stereocenters. The first-order chi connectivity index (χ1) is 22.2. The van der Waals surface area contributed by atoms with Gasteiger partial charge in [0.2, 0.25) is 0 Å². The highest BCUT2D eigenvalue weighted by molar-refractivity contribution is 6.16. The Kier molecular flexibility index (Phi) is 7.09. The van der Waals surface area contributed by atoms with Crippen LogP contribution in [0.2, 0.25) is 0 Å². The molecule has 4 aromatic carbocycles. The zero-order valence-electron chi connectivity index (χ0n) is 23.9. The molecule has 226 valence electrons. The van der Waals surface area contributed by atoms with Gasteiger partial charge in [-0.15, -0.1) is 0 Å². The number of ether oxygens (including phenoxy) is 4. The summed E-state index contributed by atoms with van der Waals surface area (Å²) in [4.78, 5) is 72.3. The molecule has 0 bridgehead atoms. The van der Waals surface area contributed by atoms with Crippen molar-refractivity contribution in [2.75, 3.05) is 0 Å². The first-order valence-electron chi connectivity index (χ1n) is 14.4. The number of hydrogen-bond donors (Lipinski definition) is 0. The molecule has 46 heavy (non-hydrogen) atoms. The maximum atomic E-state index is 12.7. The maximum Gasteiger partial charge on any atom is 0.346 e. The molecule has 0 saturated carbocycles. The number of carbonyl (C=O) groups excluding carboxylic acids is 6. The molecule has 4 aromatic rings. The van der Waals surface area contributed by atoms with E-state index in [-0.39, 0.29) is 39.3 Å². The van der Waals surface area contributed by atoms with E-state index >= 15 is 0 Å². The zero-order chi connectivity index (χ0) is 31.9. The van der Waals surface area contributed by atoms with E-state index < -0.39 is 35.8 Å². The standard InChI is InChI=1S/C36H22O10/c37-31(23-8-14-27-29(17-23)35(41)45-33(27)39)43-25-10-4-19(5-11-25)21-2-1-3-22(16-21)20-6-12-26(13-7-20)44-32(38)24-9-15-28-30(18-24)36(42)46-34(28)40/h2,4-15,17-18,22H,1,3,16H2. The van der Waals surface area contributed by atoms with Gasteiger partial charge in [0.15, 0.2) is 0 Å². The largest absolute Gasteiger partial charge is 0.423 e. The first kappa shape index (κ1) is 28.6. The Morgan fingerprint density at radius 3 is 1.59 bits per heavy atom. The number of rotatable bonds is 6. The molecule has 10 nitrogen and oxygen atoms in total. The minimum atomic E-state index is -0.792. The Hall–Kier alpha value is -6.16. The molecule has 0 fully saturated rings. The van der Waals surface area contributed by atoms with E-state index in [2.05, 4.69) is 15.5 Å². The molecule has 3 aliphatic rings. The van der Waals surface area contributed by atoms with Gasteiger partial charge in [0, 0.05) is 0 Å². The highest BCUT2D eigenvalue weighted by Gasteiger charge is 2.32. The van der Waals surface area contributed by atoms with Crippen LogP contribution in [0.15, 0.2) is 91.0 Å². The Bertz CT molecular complexity index is 2020. The molecule has 1 atom stereocenters. The molecular formula is C36H22O10. The zero-order valence-corrected chi connectivity index (χ0v) is 23.9. The minimum Gasteiger partial charge on any atom is -0.423 e. The van der Waals surface area contributed by atoms with Gasteiger partial charge in [0.25, 0.3) is 0 Å². The Labute approximate surface area is 261 Å². The van der Waals surface area contributed by atoms with Crippen LogP contribution in [-0.4, -0.2) is 35.8 Å². The minimum absolute atomic E-state index is 0.0355. The lowest BCUT2D eigenvalue weighted by Gasteiger charge is -2.24. The second kappa shape index (κ2) is 11.4. The Morgan fingerprint density at radius 1 is 0.587 bits per heavy atom. The highest BCUT2D eigenvalue weighted by Crippen LogP contribution is 2.38. The molecule has 2 heterocycles. The second-order valence-electron chi connectivity index (χ2n) is 11.0. The van der Waals surface area contributed by atoms with Crippen molar-refractivity contribution in [3.8, 4) is 11.5 Å². The third-order valence-corrected chi connectivity index (χ3v) is 8.13. The molecule has 0 amide bonds. The van der Waals surface area contributed by atoms with Gasteiger partial charge in [-0.2, -0.15) is 0 Å². The fourth-order valence-electron chi connectivity index (χ4n) is 5.73. The normalized spacial score (nSPS) is 16.6. The van der Waals surface area contributed by atoms with E-state index in [1.165, 1.54) is 36.4 Å². The fourth-order valence-corrected chi connectivity index (χ4v) is 5.73. The van der Waals surface area contributed by atoms with Crippen LogP contribution in [0.4, 0.5) is 0 Å². The van der Waals surface area contributed by atoms with Crippen LogP contribution in [-0.2, 0) is 9.47 Å². The van der Waals surface area contributed by atoms with Gasteiger partial charge in [0.05, 0.1) is 33.4 Å². The molecule has 2 aliphatic heterocycles. The molecular weight excluding hydrogens is 592 g/mol. The van der Waals surface area contributed by atoms with Crippen LogP contribution in [0.3, 0.4) is 0 Å². The van der Waals surface area contributed by atoms with Crippen LogP contribution in [0.25, 0.3) is 5.57 Å². The van der Waals surface area contributed by atoms with Crippen molar-refractivity contribution in [2.45, 2.75) is 25.2 Å². The quantitative estimate of drug-likeness (QED) is 0.142. The first-order valence-corrected chi connectivity index (χ1v) is 14.4. The molecule has 0 radical (unpaired) electrons. The number of allylic oxidation sites excluding steroid dienone is 2. The number of hydrogen-bond acceptors (Lipinski definition) is 10. The molecule has 0 N–H and O–H groups in total. The average Bonchev–Trinajstić information content (AvgIpc) is 3.53. The van der Waals surface area contributed by atoms with Gasteiger partial charge < -0.3 is 18.9 Å². The summed E-state index contributed by atoms with van der Waals surface area (Å²) in [5.74, 6) is -3.47. The third-order valence-electron chi connectivity index (χ3n) is 8.13. The van der Waals surface area contributed by atoms with E-state index in [0.29, 0.717) is 11.5 Å². The van der Waals surface area contributed by atoms with E-state index in [1.54, 1.807) is 24.3 Å². The molecule has 0 aromatic heterocycles. The molecule has 0 saturated heterocycles. The van der Waals surface area contributed by atoms with Crippen LogP contribution in [0.5, 0.6) is 11.5 Å². The maximum absolute atomic E-state index is 12.7. The number of esters is 6. The average molecular weight is 615 g/mol. The van der Waals surface area contributed by atoms with Crippen molar-refractivity contribution in [2.24, 2.45) is 0 Å². The Morgan fingerprint density at radius 2 is 1.07 bits per heavy atom. The lowest BCUT2D eigenvalue weighted by atomic mass is 9.81. The van der Waals surface area contributed by atoms with Crippen molar-refractivity contribution in [1.82, 2.24) is 0 Å². The summed E-state index contributed by atoms with van der Waals surface area (Å²) < 4.78 is 20.1. The van der Waals surface area contributed by atoms with Gasteiger partial charge in [0.1, 0.15) is 11.5 Å². The van der Waals surface area contributed by atoms with Crippen molar-refractivity contribution >= 4 is 41.4 Å². The van der Waals surface area contributed by atoms with Crippen molar-refractivity contribution < 1.29 is 47.7 Å². The van der Waals surface area contributed by atoms with Gasteiger partial charge >= 0.3 is 35.8 Å². The Balaban J connectivity index is 0.969. The van der Waals surface area contributed by atoms with E-state index in [9.17, 15) is 28.8 Å². The predicted octanol–water partition coefficient (Wildman–Crippen LogP) is 6.10. The van der Waals surface area contributed by atoms with Gasteiger partial charge in [-0.1, -0.05) is 30.3 Å². The number of fused-ring (bicyclic) bond motifs is 2. The summed E-state index contributed by atoms with van der Waals surface area (Å²) in [6.45, 7) is 0. The fraction of sp³-hybridized carbons (Fsp3) is 0.111. The molecule has 0 spiro atoms. The summed E-state index contributed by atoms with van der Waals surface area (Å²) in [5.41, 5.74) is 3.80. The number of carbonyl (C=O) groups is 6. The molecule has 10 heteroatoms. The smallest absolute Gasteiger partial charge is 0.346 e. The third kappa shape index (κ3) is 5.36. The molecule has 7 rings (SSSR count). The van der Waals surface area contributed by atoms with Crippen LogP contribution >= 0.6 is 0 Å². The summed E-state index contributed by atoms with van der Waals surface area (Å²) in [6, 6.07) is 22.6. The van der Waals surface area contributed by atoms with Crippen molar-refractivity contribution in [3.63, 3.8) is 0 Å². The highest BCUT2D eigenvalue weighted by atomic mass is 16.6. The summed E-state index contributed by atoms with van der Waals surface area (Å²) in [5, 5.41) is 0. The number of cyclic esters (lactones) is 4. The van der Waals surface area contributed by atoms with Gasteiger partial charge in [-0.25, -0.2) is 28.8 Å². The number of benzene rings is 4. The second-order valence-corrected chi connectivity index (χ2v) is 11.0. The predicted molar refractivity (Wildman–Crippen MR) is 160 cm³/mol. The van der Waals surface area contributed by atoms with Crippen molar-refractivity contribution in [3.05, 3.63) is 136 Å². The lowest BCUT2D eigenvalue weighted by molar-refractivity contribution is 0.0425. The van der Waals surface area contributed by atoms with Gasteiger partial charge in [-0.3, -0.25) is 0 Å². The van der Waals surface area contributed by atoms with E-state index in [4.69, 9.17) is 9.47 Å². The molecule has 1 aliphatic carbocycles. The lowest BCUT2D eigenvalue weighted by Crippen LogP contribution is -2.10. The van der Waals surface area contributed by atoms with Crippen LogP contribution < -0.4 is 9.47 Å². The summed E-state index contributed by atoms with van der Waals surface area (Å²) in [6.07, 6.45) is 4.80. The van der Waals surface area contributed by atoms with Gasteiger partial charge in [-0.05, 0) is 103 Å². The van der Waals surface area contributed by atoms with Crippen molar-refractivity contribution in [1.29, 1.82) is 0 Å². The summed E-state index contributed by atoms with van der Waals surface area (Å²) >= 11 is 0. The van der Waals surface area contributed by atoms with Crippen LogP contribution in [0, 0.1) is 0 Å². The van der Waals surface area contributed by atoms with E-state index in [1.807, 2.05) is 24.3 Å². The van der Waals surface area contributed by atoms with E-state index in [0.717, 1.165) is 36.0 Å². The topological polar surface area (TPSA) is 139 Å². The monoisotopic (exact) mass is 614 g/mol.